The second-order valence-corrected chi connectivity index (χ2v) is 6.38. The summed E-state index contributed by atoms with van der Waals surface area (Å²) in [5.41, 5.74) is 5.05. The number of nitrogens with zero attached hydrogens (tertiary/aromatic N) is 2. The van der Waals surface area contributed by atoms with E-state index in [1.54, 1.807) is 0 Å². The van der Waals surface area contributed by atoms with Crippen LogP contribution in [0, 0.1) is 11.3 Å². The van der Waals surface area contributed by atoms with Crippen molar-refractivity contribution in [2.45, 2.75) is 25.3 Å². The van der Waals surface area contributed by atoms with Crippen LogP contribution in [-0.4, -0.2) is 25.0 Å². The molecule has 4 nitrogen and oxygen atoms in total. The summed E-state index contributed by atoms with van der Waals surface area (Å²) >= 11 is 0. The molecule has 1 atom stereocenters. The molecule has 2 aromatic rings. The third-order valence-electron chi connectivity index (χ3n) is 4.95. The van der Waals surface area contributed by atoms with Gasteiger partial charge in [-0.3, -0.25) is 4.79 Å². The minimum absolute atomic E-state index is 0.0403. The molecule has 0 bridgehead atoms. The molecule has 2 aliphatic rings. The molecule has 1 fully saturated rings. The fourth-order valence-corrected chi connectivity index (χ4v) is 3.77. The van der Waals surface area contributed by atoms with Crippen LogP contribution in [0.4, 0.5) is 5.69 Å². The molecule has 4 heteroatoms. The van der Waals surface area contributed by atoms with Crippen molar-refractivity contribution in [3.63, 3.8) is 0 Å². The van der Waals surface area contributed by atoms with Gasteiger partial charge >= 0.3 is 0 Å². The number of hydrogen-bond donors (Lipinski definition) is 1. The number of rotatable bonds is 2. The highest BCUT2D eigenvalue weighted by Gasteiger charge is 2.32. The molecule has 1 amide bonds. The molecule has 0 saturated carbocycles. The Balaban J connectivity index is 1.71. The van der Waals surface area contributed by atoms with Crippen LogP contribution in [0.15, 0.2) is 42.5 Å². The number of hydrogen-bond acceptors (Lipinski definition) is 3. The number of benzene rings is 2. The van der Waals surface area contributed by atoms with E-state index < -0.39 is 0 Å². The molecule has 24 heavy (non-hydrogen) atoms. The number of anilines is 1. The van der Waals surface area contributed by atoms with E-state index in [2.05, 4.69) is 17.5 Å². The topological polar surface area (TPSA) is 56.1 Å². The summed E-state index contributed by atoms with van der Waals surface area (Å²) in [6.45, 7) is 1.67. The maximum Gasteiger partial charge on any atom is 0.244 e. The van der Waals surface area contributed by atoms with Gasteiger partial charge in [0.05, 0.1) is 17.7 Å². The van der Waals surface area contributed by atoms with Gasteiger partial charge in [-0.2, -0.15) is 5.26 Å². The normalized spacial score (nSPS) is 19.1. The van der Waals surface area contributed by atoms with E-state index >= 15 is 0 Å². The zero-order valence-corrected chi connectivity index (χ0v) is 13.5. The predicted octanol–water partition coefficient (Wildman–Crippen LogP) is 2.87. The van der Waals surface area contributed by atoms with Crippen LogP contribution in [0.3, 0.4) is 0 Å². The number of carbonyl (C=O) groups is 1. The molecule has 1 N–H and O–H groups in total. The summed E-state index contributed by atoms with van der Waals surface area (Å²) in [6, 6.07) is 15.9. The van der Waals surface area contributed by atoms with Gasteiger partial charge in [0.15, 0.2) is 0 Å². The predicted molar refractivity (Wildman–Crippen MR) is 93.7 cm³/mol. The van der Waals surface area contributed by atoms with Crippen molar-refractivity contribution in [3.8, 4) is 17.2 Å². The molecular weight excluding hydrogens is 298 g/mol. The Morgan fingerprint density at radius 2 is 2.12 bits per heavy atom. The van der Waals surface area contributed by atoms with Crippen molar-refractivity contribution in [2.75, 3.05) is 18.0 Å². The summed E-state index contributed by atoms with van der Waals surface area (Å²) in [4.78, 5) is 14.7. The number of nitrogens with one attached hydrogen (secondary N) is 1. The maximum absolute atomic E-state index is 12.8. The van der Waals surface area contributed by atoms with E-state index in [0.29, 0.717) is 5.56 Å². The maximum atomic E-state index is 12.8. The summed E-state index contributed by atoms with van der Waals surface area (Å²) < 4.78 is 0. The van der Waals surface area contributed by atoms with Gasteiger partial charge in [-0.15, -0.1) is 0 Å². The van der Waals surface area contributed by atoms with E-state index in [-0.39, 0.29) is 11.9 Å². The molecule has 0 radical (unpaired) electrons. The molecule has 2 aromatic carbocycles. The van der Waals surface area contributed by atoms with Crippen LogP contribution in [0.2, 0.25) is 0 Å². The lowest BCUT2D eigenvalue weighted by Gasteiger charge is -2.21. The minimum atomic E-state index is -0.0403. The molecular formula is C20H19N3O. The van der Waals surface area contributed by atoms with Crippen molar-refractivity contribution in [1.29, 1.82) is 5.26 Å². The van der Waals surface area contributed by atoms with E-state index in [4.69, 9.17) is 5.26 Å². The highest BCUT2D eigenvalue weighted by atomic mass is 16.2. The highest BCUT2D eigenvalue weighted by Crippen LogP contribution is 2.37. The SMILES string of the molecule is N#Cc1cccc(-c2cccc3c2CCN3C(=O)[C@@H]2CCCN2)c1. The molecule has 0 spiro atoms. The van der Waals surface area contributed by atoms with Crippen LogP contribution < -0.4 is 10.2 Å². The molecule has 0 unspecified atom stereocenters. The lowest BCUT2D eigenvalue weighted by molar-refractivity contribution is -0.120. The van der Waals surface area contributed by atoms with Crippen molar-refractivity contribution < 1.29 is 4.79 Å². The second-order valence-electron chi connectivity index (χ2n) is 6.38. The lowest BCUT2D eigenvalue weighted by atomic mass is 9.96. The molecule has 1 saturated heterocycles. The average Bonchev–Trinajstić information content (AvgIpc) is 3.30. The smallest absolute Gasteiger partial charge is 0.244 e. The Kier molecular flexibility index (Phi) is 3.79. The van der Waals surface area contributed by atoms with Gasteiger partial charge in [-0.1, -0.05) is 24.3 Å². The monoisotopic (exact) mass is 317 g/mol. The third kappa shape index (κ3) is 2.47. The molecule has 120 valence electrons. The fraction of sp³-hybridized carbons (Fsp3) is 0.300. The standard InChI is InChI=1S/C20H19N3O/c21-13-14-4-1-5-15(12-14)16-6-2-8-19-17(16)9-11-23(19)20(24)18-7-3-10-22-18/h1-2,4-6,8,12,18,22H,3,7,9-11H2/t18-/m0/s1. The number of carbonyl (C=O) groups excluding carboxylic acids is 1. The number of amides is 1. The number of nitriles is 1. The Labute approximate surface area is 141 Å². The van der Waals surface area contributed by atoms with Crippen molar-refractivity contribution in [3.05, 3.63) is 53.6 Å². The Morgan fingerprint density at radius 1 is 1.25 bits per heavy atom. The van der Waals surface area contributed by atoms with Crippen molar-refractivity contribution in [2.24, 2.45) is 0 Å². The quantitative estimate of drug-likeness (QED) is 0.926. The summed E-state index contributed by atoms with van der Waals surface area (Å²) in [5.74, 6) is 0.189. The van der Waals surface area contributed by atoms with Crippen LogP contribution >= 0.6 is 0 Å². The van der Waals surface area contributed by atoms with Crippen molar-refractivity contribution >= 4 is 11.6 Å². The molecule has 0 aromatic heterocycles. The van der Waals surface area contributed by atoms with E-state index in [1.807, 2.05) is 41.3 Å². The first-order valence-corrected chi connectivity index (χ1v) is 8.45. The minimum Gasteiger partial charge on any atom is -0.310 e. The zero-order valence-electron chi connectivity index (χ0n) is 13.5. The molecule has 2 heterocycles. The Morgan fingerprint density at radius 3 is 2.92 bits per heavy atom. The second kappa shape index (κ2) is 6.10. The Hall–Kier alpha value is -2.64. The van der Waals surface area contributed by atoms with Crippen LogP contribution in [0.1, 0.15) is 24.0 Å². The average molecular weight is 317 g/mol. The largest absolute Gasteiger partial charge is 0.310 e. The fourth-order valence-electron chi connectivity index (χ4n) is 3.77. The zero-order chi connectivity index (χ0) is 16.5. The van der Waals surface area contributed by atoms with Gasteiger partial charge in [-0.05, 0) is 60.7 Å². The van der Waals surface area contributed by atoms with E-state index in [1.165, 1.54) is 5.56 Å². The van der Waals surface area contributed by atoms with Gasteiger partial charge in [0.1, 0.15) is 0 Å². The van der Waals surface area contributed by atoms with Gasteiger partial charge < -0.3 is 10.2 Å². The van der Waals surface area contributed by atoms with Crippen LogP contribution in [0.25, 0.3) is 11.1 Å². The first-order valence-electron chi connectivity index (χ1n) is 8.45. The molecule has 2 aliphatic heterocycles. The molecule has 0 aliphatic carbocycles. The summed E-state index contributed by atoms with van der Waals surface area (Å²) in [5, 5.41) is 12.4. The first-order chi connectivity index (χ1) is 11.8. The van der Waals surface area contributed by atoms with Crippen LogP contribution in [-0.2, 0) is 11.2 Å². The third-order valence-corrected chi connectivity index (χ3v) is 4.95. The number of fused-ring (bicyclic) bond motifs is 1. The van der Waals surface area contributed by atoms with E-state index in [0.717, 1.165) is 49.2 Å². The van der Waals surface area contributed by atoms with Crippen LogP contribution in [0.5, 0.6) is 0 Å². The highest BCUT2D eigenvalue weighted by molar-refractivity contribution is 6.00. The summed E-state index contributed by atoms with van der Waals surface area (Å²) in [6.07, 6.45) is 2.85. The Bertz CT molecular complexity index is 831. The van der Waals surface area contributed by atoms with E-state index in [9.17, 15) is 4.79 Å². The molecule has 4 rings (SSSR count). The van der Waals surface area contributed by atoms with Gasteiger partial charge in [0.25, 0.3) is 0 Å². The van der Waals surface area contributed by atoms with Crippen molar-refractivity contribution in [1.82, 2.24) is 5.32 Å². The lowest BCUT2D eigenvalue weighted by Crippen LogP contribution is -2.42. The van der Waals surface area contributed by atoms with Gasteiger partial charge in [-0.25, -0.2) is 0 Å². The van der Waals surface area contributed by atoms with Gasteiger partial charge in [0, 0.05) is 12.2 Å². The first kappa shape index (κ1) is 14.9. The van der Waals surface area contributed by atoms with Gasteiger partial charge in [0.2, 0.25) is 5.91 Å². The summed E-state index contributed by atoms with van der Waals surface area (Å²) in [7, 11) is 0.